The number of carbonyl (C=O) groups is 6. The average Bonchev–Trinajstić information content (AvgIpc) is 3.90. The summed E-state index contributed by atoms with van der Waals surface area (Å²) in [4.78, 5) is 79.5. The Morgan fingerprint density at radius 2 is 1.47 bits per heavy atom. The van der Waals surface area contributed by atoms with Gasteiger partial charge in [-0.1, -0.05) is 74.3 Å². The van der Waals surface area contributed by atoms with Gasteiger partial charge in [0.25, 0.3) is 5.91 Å². The zero-order chi connectivity index (χ0) is 34.2. The number of hydrogen-bond donors (Lipinski definition) is 4. The van der Waals surface area contributed by atoms with E-state index in [1.54, 1.807) is 0 Å². The first-order valence-corrected chi connectivity index (χ1v) is 16.5. The molecule has 4 unspecified atom stereocenters. The van der Waals surface area contributed by atoms with E-state index in [1.807, 2.05) is 48.5 Å². The lowest BCUT2D eigenvalue weighted by Gasteiger charge is -2.37. The van der Waals surface area contributed by atoms with Gasteiger partial charge < -0.3 is 26.2 Å². The second kappa shape index (κ2) is 16.4. The number of amides is 5. The monoisotopic (exact) mass is 631 g/mol. The molecule has 5 atom stereocenters. The lowest BCUT2D eigenvalue weighted by atomic mass is 9.84. The van der Waals surface area contributed by atoms with Crippen molar-refractivity contribution in [1.29, 1.82) is 0 Å². The summed E-state index contributed by atoms with van der Waals surface area (Å²) < 4.78 is 0. The van der Waals surface area contributed by atoms with Gasteiger partial charge in [0.15, 0.2) is 5.78 Å². The molecule has 0 aromatic carbocycles. The van der Waals surface area contributed by atoms with Gasteiger partial charge in [0.2, 0.25) is 17.6 Å². The Morgan fingerprint density at radius 1 is 0.889 bits per heavy atom. The number of rotatable bonds is 13. The molecule has 254 valence electrons. The minimum absolute atomic E-state index is 0.00618. The van der Waals surface area contributed by atoms with Crippen molar-refractivity contribution in [3.63, 3.8) is 0 Å². The van der Waals surface area contributed by atoms with Crippen LogP contribution in [0, 0.1) is 35.0 Å². The molecule has 0 bridgehead atoms. The molecule has 3 aliphatic rings. The van der Waals surface area contributed by atoms with Gasteiger partial charge in [-0.2, -0.15) is 0 Å². The van der Waals surface area contributed by atoms with Crippen LogP contribution in [0.4, 0.5) is 4.79 Å². The van der Waals surface area contributed by atoms with E-state index < -0.39 is 59.1 Å². The number of ketones is 2. The van der Waals surface area contributed by atoms with Crippen LogP contribution in [0.25, 0.3) is 0 Å². The third-order valence-electron chi connectivity index (χ3n) is 8.73. The molecule has 3 rings (SSSR count). The second-order valence-corrected chi connectivity index (χ2v) is 14.8. The molecule has 3 fully saturated rings. The number of Topliss-reactive ketones (excluding diaryl/α,β-unsaturated/α-hetero) is 2. The largest absolute Gasteiger partial charge is 0.346 e. The molecule has 0 radical (unpaired) electrons. The van der Waals surface area contributed by atoms with E-state index >= 15 is 0 Å². The van der Waals surface area contributed by atoms with Crippen LogP contribution in [0.2, 0.25) is 0 Å². The SMILES string of the molecule is C=CCNC(=O)C(=O)C(C)NC(=O)[C@@H]1C(C(C)C)CCN1C(=O)C(NC(=O)NC(C(=O)C1CC1)C(C)C)C(C)(C)C.CC1CC1. The van der Waals surface area contributed by atoms with Gasteiger partial charge in [-0.05, 0) is 55.3 Å². The van der Waals surface area contributed by atoms with Gasteiger partial charge in [-0.15, -0.1) is 6.58 Å². The zero-order valence-corrected chi connectivity index (χ0v) is 28.8. The maximum absolute atomic E-state index is 14.0. The summed E-state index contributed by atoms with van der Waals surface area (Å²) in [5.41, 5.74) is -0.717. The van der Waals surface area contributed by atoms with Crippen molar-refractivity contribution >= 4 is 35.3 Å². The average molecular weight is 632 g/mol. The van der Waals surface area contributed by atoms with E-state index in [1.165, 1.54) is 30.7 Å². The second-order valence-electron chi connectivity index (χ2n) is 14.8. The molecule has 2 aliphatic carbocycles. The number of carbonyl (C=O) groups excluding carboxylic acids is 6. The van der Waals surface area contributed by atoms with Crippen LogP contribution < -0.4 is 21.3 Å². The van der Waals surface area contributed by atoms with Crippen LogP contribution in [0.3, 0.4) is 0 Å². The molecule has 1 saturated heterocycles. The first-order valence-electron chi connectivity index (χ1n) is 16.5. The molecule has 0 aromatic rings. The smallest absolute Gasteiger partial charge is 0.316 e. The molecule has 0 spiro atoms. The van der Waals surface area contributed by atoms with Crippen LogP contribution in [0.15, 0.2) is 12.7 Å². The van der Waals surface area contributed by atoms with Crippen molar-refractivity contribution in [2.45, 2.75) is 119 Å². The molecule has 4 N–H and O–H groups in total. The van der Waals surface area contributed by atoms with E-state index in [0.717, 1.165) is 18.8 Å². The summed E-state index contributed by atoms with van der Waals surface area (Å²) in [6.45, 7) is 20.7. The number of urea groups is 1. The van der Waals surface area contributed by atoms with Gasteiger partial charge in [-0.25, -0.2) is 4.79 Å². The Kier molecular flexibility index (Phi) is 13.8. The van der Waals surface area contributed by atoms with Gasteiger partial charge in [-0.3, -0.25) is 24.0 Å². The first-order chi connectivity index (χ1) is 20.9. The summed E-state index contributed by atoms with van der Waals surface area (Å²) >= 11 is 0. The molecule has 0 aromatic heterocycles. The van der Waals surface area contributed by atoms with Crippen LogP contribution in [0.1, 0.15) is 94.4 Å². The van der Waals surface area contributed by atoms with Crippen molar-refractivity contribution in [2.75, 3.05) is 13.1 Å². The zero-order valence-electron chi connectivity index (χ0n) is 28.8. The van der Waals surface area contributed by atoms with E-state index in [9.17, 15) is 28.8 Å². The van der Waals surface area contributed by atoms with Crippen molar-refractivity contribution in [3.8, 4) is 0 Å². The standard InChI is InChI=1S/C30H49N5O6.C4H8/c1-10-14-31-27(39)23(36)18(6)32-26(38)22-20(16(2)3)13-15-35(22)28(40)25(30(7,8)9)34-29(41)33-21(17(4)5)24(37)19-11-12-19;1-4-2-3-4/h10,16-22,25H,1,11-15H2,2-9H3,(H,31,39)(H,32,38)(H2,33,34,41);4H,2-3H2,1H3/t18?,20?,21?,22-,25?;/m0./s1. The van der Waals surface area contributed by atoms with E-state index in [2.05, 4.69) is 34.8 Å². The van der Waals surface area contributed by atoms with E-state index in [4.69, 9.17) is 0 Å². The molecule has 45 heavy (non-hydrogen) atoms. The summed E-state index contributed by atoms with van der Waals surface area (Å²) in [5, 5.41) is 10.6. The van der Waals surface area contributed by atoms with Crippen molar-refractivity contribution in [2.24, 2.45) is 35.0 Å². The van der Waals surface area contributed by atoms with Crippen molar-refractivity contribution in [1.82, 2.24) is 26.2 Å². The third kappa shape index (κ3) is 11.3. The van der Waals surface area contributed by atoms with Crippen LogP contribution in [-0.2, 0) is 24.0 Å². The van der Waals surface area contributed by atoms with E-state index in [-0.39, 0.29) is 36.0 Å². The van der Waals surface area contributed by atoms with Crippen molar-refractivity contribution in [3.05, 3.63) is 12.7 Å². The Labute approximate surface area is 269 Å². The van der Waals surface area contributed by atoms with Gasteiger partial charge >= 0.3 is 6.03 Å². The quantitative estimate of drug-likeness (QED) is 0.181. The Balaban J connectivity index is 0.00000162. The number of hydrogen-bond acceptors (Lipinski definition) is 6. The topological polar surface area (TPSA) is 154 Å². The van der Waals surface area contributed by atoms with Crippen LogP contribution in [-0.4, -0.2) is 77.5 Å². The lowest BCUT2D eigenvalue weighted by Crippen LogP contribution is -2.61. The maximum Gasteiger partial charge on any atom is 0.316 e. The Morgan fingerprint density at radius 3 is 1.91 bits per heavy atom. The number of nitrogens with one attached hydrogen (secondary N) is 4. The van der Waals surface area contributed by atoms with Crippen molar-refractivity contribution < 1.29 is 28.8 Å². The molecular weight excluding hydrogens is 574 g/mol. The molecule has 1 aliphatic heterocycles. The van der Waals surface area contributed by atoms with Crippen LogP contribution in [0.5, 0.6) is 0 Å². The normalized spacial score (nSPS) is 21.5. The highest BCUT2D eigenvalue weighted by Gasteiger charge is 2.47. The van der Waals surface area contributed by atoms with Gasteiger partial charge in [0.05, 0.1) is 12.1 Å². The third-order valence-corrected chi connectivity index (χ3v) is 8.73. The fourth-order valence-electron chi connectivity index (χ4n) is 5.39. The fraction of sp³-hybridized carbons (Fsp3) is 0.765. The number of likely N-dealkylation sites (tertiary alicyclic amines) is 1. The fourth-order valence-corrected chi connectivity index (χ4v) is 5.39. The minimum Gasteiger partial charge on any atom is -0.346 e. The van der Waals surface area contributed by atoms with E-state index in [0.29, 0.717) is 13.0 Å². The van der Waals surface area contributed by atoms with Crippen LogP contribution >= 0.6 is 0 Å². The maximum atomic E-state index is 14.0. The molecule has 11 heteroatoms. The Bertz CT molecular complexity index is 1100. The summed E-state index contributed by atoms with van der Waals surface area (Å²) in [6.07, 6.45) is 6.64. The summed E-state index contributed by atoms with van der Waals surface area (Å²) in [5.74, 6) is -1.77. The minimum atomic E-state index is -1.10. The molecule has 2 saturated carbocycles. The first kappa shape index (κ1) is 37.9. The molecular formula is C34H57N5O6. The lowest BCUT2D eigenvalue weighted by molar-refractivity contribution is -0.144. The van der Waals surface area contributed by atoms with Gasteiger partial charge in [0.1, 0.15) is 12.1 Å². The highest BCUT2D eigenvalue weighted by molar-refractivity contribution is 6.38. The number of nitrogens with zero attached hydrogens (tertiary/aromatic N) is 1. The summed E-state index contributed by atoms with van der Waals surface area (Å²) in [6, 6.07) is -4.25. The van der Waals surface area contributed by atoms with Gasteiger partial charge in [0, 0.05) is 19.0 Å². The molecule has 5 amide bonds. The molecule has 11 nitrogen and oxygen atoms in total. The summed E-state index contributed by atoms with van der Waals surface area (Å²) in [7, 11) is 0. The Hall–Kier alpha value is -3.24. The molecule has 1 heterocycles. The highest BCUT2D eigenvalue weighted by Crippen LogP contribution is 2.34. The highest BCUT2D eigenvalue weighted by atomic mass is 16.2. The predicted molar refractivity (Wildman–Crippen MR) is 174 cm³/mol. The predicted octanol–water partition coefficient (Wildman–Crippen LogP) is 3.37.